The van der Waals surface area contributed by atoms with Gasteiger partial charge in [-0.2, -0.15) is 16.9 Å². The molecule has 0 radical (unpaired) electrons. The lowest BCUT2D eigenvalue weighted by atomic mass is 10.1. The number of ether oxygens (including phenoxy) is 1. The van der Waals surface area contributed by atoms with Crippen LogP contribution in [-0.4, -0.2) is 47.2 Å². The number of esters is 1. The number of amides is 1. The number of hydrogen-bond donors (Lipinski definition) is 2. The molecule has 1 heterocycles. The lowest BCUT2D eigenvalue weighted by Crippen LogP contribution is -2.42. The molecule has 0 spiro atoms. The fourth-order valence-electron chi connectivity index (χ4n) is 2.06. The van der Waals surface area contributed by atoms with Crippen LogP contribution in [0, 0.1) is 0 Å². The highest BCUT2D eigenvalue weighted by Crippen LogP contribution is 2.17. The average molecular weight is 333 g/mol. The summed E-state index contributed by atoms with van der Waals surface area (Å²) in [5.74, 6) is -0.0791. The number of benzene rings is 1. The molecule has 6 nitrogen and oxygen atoms in total. The van der Waals surface area contributed by atoms with Crippen molar-refractivity contribution < 1.29 is 14.3 Å². The molecule has 1 aromatic heterocycles. The number of nitrogens with one attached hydrogen (secondary N) is 2. The fraction of sp³-hybridized carbons (Fsp3) is 0.312. The highest BCUT2D eigenvalue weighted by Gasteiger charge is 2.22. The molecule has 0 saturated heterocycles. The van der Waals surface area contributed by atoms with Gasteiger partial charge in [-0.3, -0.25) is 9.89 Å². The molecular formula is C16H19N3O3S. The van der Waals surface area contributed by atoms with Crippen LogP contribution in [0.3, 0.4) is 0 Å². The van der Waals surface area contributed by atoms with Gasteiger partial charge >= 0.3 is 5.97 Å². The number of H-pyrrole nitrogens is 1. The number of carbonyl (C=O) groups excluding carboxylic acids is 2. The molecule has 2 aromatic rings. The largest absolute Gasteiger partial charge is 0.467 e. The van der Waals surface area contributed by atoms with Gasteiger partial charge in [-0.1, -0.05) is 30.3 Å². The van der Waals surface area contributed by atoms with Crippen molar-refractivity contribution >= 4 is 23.6 Å². The Bertz CT molecular complexity index is 658. The summed E-state index contributed by atoms with van der Waals surface area (Å²) in [5.41, 5.74) is 1.89. The molecule has 2 N–H and O–H groups in total. The van der Waals surface area contributed by atoms with Crippen molar-refractivity contribution in [3.8, 4) is 11.3 Å². The molecule has 0 unspecified atom stereocenters. The zero-order chi connectivity index (χ0) is 16.7. The predicted molar refractivity (Wildman–Crippen MR) is 90.3 cm³/mol. The molecule has 1 aromatic carbocycles. The van der Waals surface area contributed by atoms with Gasteiger partial charge in [-0.25, -0.2) is 4.79 Å². The van der Waals surface area contributed by atoms with E-state index in [4.69, 9.17) is 4.74 Å². The Balaban J connectivity index is 2.07. The molecular weight excluding hydrogens is 314 g/mol. The molecule has 1 amide bonds. The second kappa shape index (κ2) is 8.38. The van der Waals surface area contributed by atoms with Gasteiger partial charge in [0, 0.05) is 5.56 Å². The van der Waals surface area contributed by atoms with Crippen LogP contribution in [0.1, 0.15) is 16.9 Å². The Morgan fingerprint density at radius 3 is 2.74 bits per heavy atom. The normalized spacial score (nSPS) is 11.7. The van der Waals surface area contributed by atoms with Crippen LogP contribution in [0.5, 0.6) is 0 Å². The molecule has 23 heavy (non-hydrogen) atoms. The standard InChI is InChI=1S/C16H19N3O3S/c1-22-16(21)12(8-9-23-2)17-15(20)14-10-13(18-19-14)11-6-4-3-5-7-11/h3-7,10,12H,8-9H2,1-2H3,(H,17,20)(H,18,19)/t12-/m1/s1. The number of aromatic nitrogens is 2. The zero-order valence-electron chi connectivity index (χ0n) is 13.0. The maximum atomic E-state index is 12.3. The minimum absolute atomic E-state index is 0.307. The zero-order valence-corrected chi connectivity index (χ0v) is 13.9. The van der Waals surface area contributed by atoms with Crippen molar-refractivity contribution in [2.75, 3.05) is 19.1 Å². The van der Waals surface area contributed by atoms with E-state index in [1.807, 2.05) is 36.6 Å². The van der Waals surface area contributed by atoms with Crippen molar-refractivity contribution in [1.82, 2.24) is 15.5 Å². The van der Waals surface area contributed by atoms with Gasteiger partial charge in [0.1, 0.15) is 11.7 Å². The van der Waals surface area contributed by atoms with Gasteiger partial charge < -0.3 is 10.1 Å². The Kier molecular flexibility index (Phi) is 6.22. The Morgan fingerprint density at radius 1 is 1.35 bits per heavy atom. The van der Waals surface area contributed by atoms with Crippen LogP contribution in [0.15, 0.2) is 36.4 Å². The van der Waals surface area contributed by atoms with Crippen LogP contribution >= 0.6 is 11.8 Å². The summed E-state index contributed by atoms with van der Waals surface area (Å²) >= 11 is 1.60. The highest BCUT2D eigenvalue weighted by molar-refractivity contribution is 7.98. The van der Waals surface area contributed by atoms with E-state index in [0.717, 1.165) is 11.3 Å². The first-order valence-electron chi connectivity index (χ1n) is 7.14. The number of nitrogens with zero attached hydrogens (tertiary/aromatic N) is 1. The molecule has 7 heteroatoms. The first-order valence-corrected chi connectivity index (χ1v) is 8.53. The molecule has 0 aliphatic heterocycles. The van der Waals surface area contributed by atoms with Crippen molar-refractivity contribution in [1.29, 1.82) is 0 Å². The smallest absolute Gasteiger partial charge is 0.328 e. The third kappa shape index (κ3) is 4.59. The molecule has 2 rings (SSSR count). The predicted octanol–water partition coefficient (Wildman–Crippen LogP) is 2.10. The second-order valence-electron chi connectivity index (χ2n) is 4.86. The van der Waals surface area contributed by atoms with E-state index in [1.165, 1.54) is 7.11 Å². The minimum Gasteiger partial charge on any atom is -0.467 e. The van der Waals surface area contributed by atoms with E-state index in [-0.39, 0.29) is 5.91 Å². The van der Waals surface area contributed by atoms with Gasteiger partial charge in [-0.15, -0.1) is 0 Å². The lowest BCUT2D eigenvalue weighted by molar-refractivity contribution is -0.142. The van der Waals surface area contributed by atoms with Gasteiger partial charge in [0.25, 0.3) is 5.91 Å². The number of aromatic amines is 1. The minimum atomic E-state index is -0.663. The summed E-state index contributed by atoms with van der Waals surface area (Å²) in [6.45, 7) is 0. The van der Waals surface area contributed by atoms with Gasteiger partial charge in [0.05, 0.1) is 12.8 Å². The van der Waals surface area contributed by atoms with Gasteiger partial charge in [0.15, 0.2) is 0 Å². The summed E-state index contributed by atoms with van der Waals surface area (Å²) in [6.07, 6.45) is 2.45. The Morgan fingerprint density at radius 2 is 2.09 bits per heavy atom. The van der Waals surface area contributed by atoms with Crippen molar-refractivity contribution in [3.05, 3.63) is 42.1 Å². The first kappa shape index (κ1) is 17.1. The molecule has 0 aliphatic rings. The summed E-state index contributed by atoms with van der Waals surface area (Å²) in [6, 6.07) is 10.5. The summed E-state index contributed by atoms with van der Waals surface area (Å²) < 4.78 is 4.73. The van der Waals surface area contributed by atoms with Crippen LogP contribution < -0.4 is 5.32 Å². The molecule has 0 fully saturated rings. The average Bonchev–Trinajstić information content (AvgIpc) is 3.08. The quantitative estimate of drug-likeness (QED) is 0.758. The SMILES string of the molecule is COC(=O)[C@@H](CCSC)NC(=O)c1cc(-c2ccccc2)n[nH]1. The number of methoxy groups -OCH3 is 1. The number of hydrogen-bond acceptors (Lipinski definition) is 5. The lowest BCUT2D eigenvalue weighted by Gasteiger charge is -2.15. The molecule has 0 bridgehead atoms. The topological polar surface area (TPSA) is 84.1 Å². The summed E-state index contributed by atoms with van der Waals surface area (Å²) in [4.78, 5) is 24.0. The van der Waals surface area contributed by atoms with Crippen LogP contribution in [0.2, 0.25) is 0 Å². The maximum absolute atomic E-state index is 12.3. The van der Waals surface area contributed by atoms with Crippen molar-refractivity contribution in [3.63, 3.8) is 0 Å². The van der Waals surface area contributed by atoms with E-state index in [2.05, 4.69) is 15.5 Å². The third-order valence-electron chi connectivity index (χ3n) is 3.29. The van der Waals surface area contributed by atoms with Crippen LogP contribution in [0.4, 0.5) is 0 Å². The summed E-state index contributed by atoms with van der Waals surface area (Å²) in [7, 11) is 1.31. The van der Waals surface area contributed by atoms with Crippen LogP contribution in [0.25, 0.3) is 11.3 Å². The Hall–Kier alpha value is -2.28. The maximum Gasteiger partial charge on any atom is 0.328 e. The van der Waals surface area contributed by atoms with E-state index in [9.17, 15) is 9.59 Å². The second-order valence-corrected chi connectivity index (χ2v) is 5.85. The van der Waals surface area contributed by atoms with Crippen molar-refractivity contribution in [2.24, 2.45) is 0 Å². The third-order valence-corrected chi connectivity index (χ3v) is 3.94. The molecule has 0 saturated carbocycles. The Labute approximate surface area is 139 Å². The summed E-state index contributed by atoms with van der Waals surface area (Å²) in [5, 5.41) is 9.52. The number of carbonyl (C=O) groups is 2. The van der Waals surface area contributed by atoms with Crippen LogP contribution in [-0.2, 0) is 9.53 Å². The number of rotatable bonds is 7. The van der Waals surface area contributed by atoms with E-state index < -0.39 is 12.0 Å². The molecule has 122 valence electrons. The van der Waals surface area contributed by atoms with E-state index in [1.54, 1.807) is 17.8 Å². The molecule has 1 atom stereocenters. The van der Waals surface area contributed by atoms with Crippen molar-refractivity contribution in [2.45, 2.75) is 12.5 Å². The molecule has 0 aliphatic carbocycles. The van der Waals surface area contributed by atoms with Gasteiger partial charge in [-0.05, 0) is 24.5 Å². The number of thioether (sulfide) groups is 1. The first-order chi connectivity index (χ1) is 11.2. The van der Waals surface area contributed by atoms with E-state index >= 15 is 0 Å². The highest BCUT2D eigenvalue weighted by atomic mass is 32.2. The monoisotopic (exact) mass is 333 g/mol. The van der Waals surface area contributed by atoms with Gasteiger partial charge in [0.2, 0.25) is 0 Å². The fourth-order valence-corrected chi connectivity index (χ4v) is 2.53. The van der Waals surface area contributed by atoms with E-state index in [0.29, 0.717) is 17.8 Å².